The topological polar surface area (TPSA) is 66.0 Å². The fraction of sp³-hybridized carbons (Fsp3) is 0.250. The van der Waals surface area contributed by atoms with Crippen LogP contribution in [0.4, 0.5) is 5.69 Å². The van der Waals surface area contributed by atoms with Gasteiger partial charge in [0.1, 0.15) is 6.04 Å². The van der Waals surface area contributed by atoms with E-state index in [4.69, 9.17) is 0 Å². The molecule has 1 aromatic carbocycles. The van der Waals surface area contributed by atoms with Crippen LogP contribution in [-0.2, 0) is 4.79 Å². The molecule has 1 aromatic heterocycles. The highest BCUT2D eigenvalue weighted by molar-refractivity contribution is 7.98. The first-order valence-corrected chi connectivity index (χ1v) is 8.34. The molecular formula is C16H18N4OS. The van der Waals surface area contributed by atoms with Crippen LogP contribution in [0.3, 0.4) is 0 Å². The van der Waals surface area contributed by atoms with Crippen molar-refractivity contribution in [3.05, 3.63) is 54.4 Å². The Hall–Kier alpha value is -1.89. The Kier molecular flexibility index (Phi) is 4.72. The van der Waals surface area contributed by atoms with Gasteiger partial charge in [-0.15, -0.1) is 11.8 Å². The van der Waals surface area contributed by atoms with Crippen molar-refractivity contribution in [1.29, 1.82) is 0 Å². The smallest absolute Gasteiger partial charge is 0.242 e. The molecule has 0 radical (unpaired) electrons. The highest BCUT2D eigenvalue weighted by Crippen LogP contribution is 2.23. The number of amides is 1. The summed E-state index contributed by atoms with van der Waals surface area (Å²) in [5, 5.41) is 2.96. The Morgan fingerprint density at radius 1 is 1.27 bits per heavy atom. The minimum Gasteiger partial charge on any atom is -0.325 e. The van der Waals surface area contributed by atoms with E-state index in [-0.39, 0.29) is 18.0 Å². The number of nitrogens with zero attached hydrogens (tertiary/aromatic N) is 1. The minimum absolute atomic E-state index is 0.0256. The molecule has 1 aliphatic heterocycles. The molecule has 2 aromatic rings. The number of thioether (sulfide) groups is 1. The number of rotatable bonds is 4. The third kappa shape index (κ3) is 3.47. The maximum atomic E-state index is 12.4. The number of carbonyl (C=O) groups is 1. The lowest BCUT2D eigenvalue weighted by Gasteiger charge is -2.11. The van der Waals surface area contributed by atoms with E-state index in [1.165, 1.54) is 0 Å². The molecule has 2 heterocycles. The first-order valence-electron chi connectivity index (χ1n) is 7.12. The number of hydrogen-bond acceptors (Lipinski definition) is 5. The zero-order chi connectivity index (χ0) is 15.4. The van der Waals surface area contributed by atoms with E-state index in [1.54, 1.807) is 24.2 Å². The van der Waals surface area contributed by atoms with E-state index in [1.807, 2.05) is 42.7 Å². The fourth-order valence-electron chi connectivity index (χ4n) is 2.47. The molecule has 5 nitrogen and oxygen atoms in total. The molecule has 1 aliphatic rings. The van der Waals surface area contributed by atoms with Gasteiger partial charge in [0, 0.05) is 29.0 Å². The lowest BCUT2D eigenvalue weighted by atomic mass is 10.0. The number of benzene rings is 1. The Morgan fingerprint density at radius 3 is 2.86 bits per heavy atom. The maximum absolute atomic E-state index is 12.4. The van der Waals surface area contributed by atoms with Crippen LogP contribution in [0.1, 0.15) is 18.0 Å². The summed E-state index contributed by atoms with van der Waals surface area (Å²) in [7, 11) is 0. The van der Waals surface area contributed by atoms with Gasteiger partial charge in [0.25, 0.3) is 0 Å². The zero-order valence-electron chi connectivity index (χ0n) is 12.2. The van der Waals surface area contributed by atoms with Gasteiger partial charge in [0.2, 0.25) is 5.91 Å². The summed E-state index contributed by atoms with van der Waals surface area (Å²) in [6.07, 6.45) is 6.25. The molecule has 2 unspecified atom stereocenters. The van der Waals surface area contributed by atoms with Crippen LogP contribution < -0.4 is 16.2 Å². The molecule has 1 fully saturated rings. The van der Waals surface area contributed by atoms with Gasteiger partial charge in [-0.3, -0.25) is 9.78 Å². The van der Waals surface area contributed by atoms with Crippen LogP contribution in [-0.4, -0.2) is 23.2 Å². The normalized spacial score (nSPS) is 20.8. The van der Waals surface area contributed by atoms with Crippen LogP contribution in [0.25, 0.3) is 0 Å². The van der Waals surface area contributed by atoms with Gasteiger partial charge in [0.05, 0.1) is 0 Å². The predicted octanol–water partition coefficient (Wildman–Crippen LogP) is 2.35. The molecule has 1 saturated heterocycles. The van der Waals surface area contributed by atoms with Crippen LogP contribution in [0.2, 0.25) is 0 Å². The quantitative estimate of drug-likeness (QED) is 0.756. The molecule has 114 valence electrons. The lowest BCUT2D eigenvalue weighted by Crippen LogP contribution is -2.39. The van der Waals surface area contributed by atoms with Crippen molar-refractivity contribution in [2.24, 2.45) is 0 Å². The molecule has 6 heteroatoms. The van der Waals surface area contributed by atoms with Gasteiger partial charge in [-0.2, -0.15) is 0 Å². The van der Waals surface area contributed by atoms with Crippen molar-refractivity contribution < 1.29 is 4.79 Å². The van der Waals surface area contributed by atoms with Gasteiger partial charge >= 0.3 is 0 Å². The van der Waals surface area contributed by atoms with E-state index in [0.29, 0.717) is 6.42 Å². The average Bonchev–Trinajstić information content (AvgIpc) is 3.06. The molecule has 3 N–H and O–H groups in total. The molecule has 0 aliphatic carbocycles. The predicted molar refractivity (Wildman–Crippen MR) is 88.5 cm³/mol. The molecular weight excluding hydrogens is 296 g/mol. The van der Waals surface area contributed by atoms with Gasteiger partial charge in [-0.05, 0) is 48.6 Å². The summed E-state index contributed by atoms with van der Waals surface area (Å²) in [6.45, 7) is 0. The number of aromatic nitrogens is 1. The van der Waals surface area contributed by atoms with E-state index < -0.39 is 0 Å². The van der Waals surface area contributed by atoms with Crippen molar-refractivity contribution in [3.8, 4) is 0 Å². The second kappa shape index (κ2) is 6.91. The first kappa shape index (κ1) is 15.0. The first-order chi connectivity index (χ1) is 10.8. The van der Waals surface area contributed by atoms with Crippen LogP contribution in [0.15, 0.2) is 53.7 Å². The van der Waals surface area contributed by atoms with Gasteiger partial charge in [-0.25, -0.2) is 10.9 Å². The van der Waals surface area contributed by atoms with Crippen LogP contribution >= 0.6 is 11.8 Å². The standard InChI is InChI=1S/C16H18N4OS/c1-22-13-4-2-3-12(9-13)18-16(21)15-10-14(19-20-15)11-5-7-17-8-6-11/h2-9,14-15,19-20H,10H2,1H3,(H,18,21). The molecule has 0 saturated carbocycles. The number of pyridine rings is 1. The molecule has 22 heavy (non-hydrogen) atoms. The number of carbonyl (C=O) groups excluding carboxylic acids is 1. The number of anilines is 1. The summed E-state index contributed by atoms with van der Waals surface area (Å²) in [6, 6.07) is 11.6. The third-order valence-corrected chi connectivity index (χ3v) is 4.39. The second-order valence-corrected chi connectivity index (χ2v) is 6.01. The highest BCUT2D eigenvalue weighted by atomic mass is 32.2. The fourth-order valence-corrected chi connectivity index (χ4v) is 2.93. The van der Waals surface area contributed by atoms with Gasteiger partial charge in [0.15, 0.2) is 0 Å². The number of nitrogens with one attached hydrogen (secondary N) is 3. The Bertz CT molecular complexity index is 650. The van der Waals surface area contributed by atoms with E-state index in [0.717, 1.165) is 16.1 Å². The summed E-state index contributed by atoms with van der Waals surface area (Å²) < 4.78 is 0. The summed E-state index contributed by atoms with van der Waals surface area (Å²) >= 11 is 1.65. The lowest BCUT2D eigenvalue weighted by molar-refractivity contribution is -0.117. The van der Waals surface area contributed by atoms with Crippen molar-refractivity contribution in [2.45, 2.75) is 23.4 Å². The SMILES string of the molecule is CSc1cccc(NC(=O)C2CC(c3ccncc3)NN2)c1. The van der Waals surface area contributed by atoms with Gasteiger partial charge in [-0.1, -0.05) is 6.07 Å². The van der Waals surface area contributed by atoms with Gasteiger partial charge < -0.3 is 5.32 Å². The molecule has 2 atom stereocenters. The zero-order valence-corrected chi connectivity index (χ0v) is 13.1. The van der Waals surface area contributed by atoms with Crippen molar-refractivity contribution in [2.75, 3.05) is 11.6 Å². The summed E-state index contributed by atoms with van der Waals surface area (Å²) in [5.41, 5.74) is 8.19. The van der Waals surface area contributed by atoms with E-state index in [9.17, 15) is 4.79 Å². The largest absolute Gasteiger partial charge is 0.325 e. The van der Waals surface area contributed by atoms with E-state index >= 15 is 0 Å². The van der Waals surface area contributed by atoms with Crippen molar-refractivity contribution in [3.63, 3.8) is 0 Å². The Morgan fingerprint density at radius 2 is 2.09 bits per heavy atom. The number of hydrazine groups is 1. The minimum atomic E-state index is -0.254. The maximum Gasteiger partial charge on any atom is 0.242 e. The van der Waals surface area contributed by atoms with Crippen molar-refractivity contribution in [1.82, 2.24) is 15.8 Å². The highest BCUT2D eigenvalue weighted by Gasteiger charge is 2.30. The summed E-state index contributed by atoms with van der Waals surface area (Å²) in [4.78, 5) is 17.5. The molecule has 0 bridgehead atoms. The summed E-state index contributed by atoms with van der Waals surface area (Å²) in [5.74, 6) is -0.0256. The Labute approximate surface area is 133 Å². The van der Waals surface area contributed by atoms with E-state index in [2.05, 4.69) is 21.2 Å². The average molecular weight is 314 g/mol. The number of hydrogen-bond donors (Lipinski definition) is 3. The molecule has 0 spiro atoms. The van der Waals surface area contributed by atoms with Crippen molar-refractivity contribution >= 4 is 23.4 Å². The van der Waals surface area contributed by atoms with Crippen LogP contribution in [0.5, 0.6) is 0 Å². The second-order valence-electron chi connectivity index (χ2n) is 5.13. The molecule has 3 rings (SSSR count). The monoisotopic (exact) mass is 314 g/mol. The van der Waals surface area contributed by atoms with Crippen LogP contribution in [0, 0.1) is 0 Å². The third-order valence-electron chi connectivity index (χ3n) is 3.67. The Balaban J connectivity index is 1.62. The molecule has 1 amide bonds.